The van der Waals surface area contributed by atoms with E-state index in [1.807, 2.05) is 49.4 Å². The van der Waals surface area contributed by atoms with Crippen molar-refractivity contribution >= 4 is 46.0 Å². The zero-order valence-corrected chi connectivity index (χ0v) is 18.3. The van der Waals surface area contributed by atoms with Gasteiger partial charge in [0.05, 0.1) is 18.2 Å². The molecule has 0 spiro atoms. The molecule has 3 aromatic rings. The number of hydrogen-bond donors (Lipinski definition) is 2. The Morgan fingerprint density at radius 1 is 1.03 bits per heavy atom. The number of nitrogens with one attached hydrogen (secondary N) is 1. The molecule has 0 aliphatic heterocycles. The van der Waals surface area contributed by atoms with Gasteiger partial charge < -0.3 is 20.7 Å². The minimum atomic E-state index is -0.776. The molecule has 0 aromatic heterocycles. The van der Waals surface area contributed by atoms with Crippen LogP contribution in [0.15, 0.2) is 66.7 Å². The lowest BCUT2D eigenvalue weighted by Crippen LogP contribution is -2.36. The Kier molecular flexibility index (Phi) is 7.68. The first-order valence-corrected chi connectivity index (χ1v) is 10.5. The summed E-state index contributed by atoms with van der Waals surface area (Å²) in [6, 6.07) is 18.6. The molecule has 0 saturated heterocycles. The smallest absolute Gasteiger partial charge is 0.312 e. The van der Waals surface area contributed by atoms with E-state index in [4.69, 9.17) is 22.1 Å². The summed E-state index contributed by atoms with van der Waals surface area (Å²) in [4.78, 5) is 38.2. The van der Waals surface area contributed by atoms with Crippen molar-refractivity contribution in [1.29, 1.82) is 0 Å². The number of ether oxygens (including phenoxy) is 1. The Morgan fingerprint density at radius 2 is 1.72 bits per heavy atom. The minimum absolute atomic E-state index is 0.182. The van der Waals surface area contributed by atoms with Gasteiger partial charge in [-0.25, -0.2) is 4.79 Å². The summed E-state index contributed by atoms with van der Waals surface area (Å²) >= 11 is 5.90. The van der Waals surface area contributed by atoms with Gasteiger partial charge in [0, 0.05) is 17.0 Å². The first-order chi connectivity index (χ1) is 15.4. The summed E-state index contributed by atoms with van der Waals surface area (Å²) in [5.74, 6) is -0.982. The van der Waals surface area contributed by atoms with E-state index in [0.29, 0.717) is 17.1 Å². The number of likely N-dealkylation sites (N-methyl/N-ethyl adjacent to an activating group) is 1. The average molecular weight is 454 g/mol. The van der Waals surface area contributed by atoms with E-state index in [2.05, 4.69) is 5.32 Å². The molecule has 0 heterocycles. The van der Waals surface area contributed by atoms with Crippen LogP contribution in [0.3, 0.4) is 0 Å². The van der Waals surface area contributed by atoms with Crippen molar-refractivity contribution in [3.05, 3.63) is 77.3 Å². The summed E-state index contributed by atoms with van der Waals surface area (Å²) in [5, 5.41) is 4.98. The Hall–Kier alpha value is -3.58. The number of esters is 1. The second-order valence-electron chi connectivity index (χ2n) is 7.11. The molecule has 166 valence electrons. The normalized spacial score (nSPS) is 11.6. The summed E-state index contributed by atoms with van der Waals surface area (Å²) in [6.07, 6.45) is -0.182. The lowest BCUT2D eigenvalue weighted by Gasteiger charge is -2.23. The van der Waals surface area contributed by atoms with Crippen LogP contribution in [-0.2, 0) is 14.3 Å². The number of carbonyl (C=O) groups excluding carboxylic acids is 3. The number of benzene rings is 3. The third-order valence-electron chi connectivity index (χ3n) is 4.99. The highest BCUT2D eigenvalue weighted by Crippen LogP contribution is 2.27. The fraction of sp³-hybridized carbons (Fsp3) is 0.208. The predicted octanol–water partition coefficient (Wildman–Crippen LogP) is 4.19. The summed E-state index contributed by atoms with van der Waals surface area (Å²) in [7, 11) is 0. The van der Waals surface area contributed by atoms with Crippen LogP contribution in [0.1, 0.15) is 24.9 Å². The number of carbonyl (C=O) groups is 3. The van der Waals surface area contributed by atoms with E-state index in [-0.39, 0.29) is 12.3 Å². The molecule has 7 nitrogen and oxygen atoms in total. The number of rotatable bonds is 8. The van der Waals surface area contributed by atoms with Crippen molar-refractivity contribution in [1.82, 2.24) is 5.32 Å². The molecule has 1 unspecified atom stereocenters. The molecule has 0 bridgehead atoms. The van der Waals surface area contributed by atoms with Crippen molar-refractivity contribution in [2.24, 2.45) is 5.73 Å². The third kappa shape index (κ3) is 5.76. The maximum Gasteiger partial charge on any atom is 0.312 e. The maximum absolute atomic E-state index is 12.8. The van der Waals surface area contributed by atoms with Crippen LogP contribution in [-0.4, -0.2) is 31.1 Å². The van der Waals surface area contributed by atoms with Gasteiger partial charge in [-0.15, -0.1) is 0 Å². The predicted molar refractivity (Wildman–Crippen MR) is 124 cm³/mol. The fourth-order valence-corrected chi connectivity index (χ4v) is 3.62. The van der Waals surface area contributed by atoms with Crippen LogP contribution in [0.2, 0.25) is 5.02 Å². The summed E-state index contributed by atoms with van der Waals surface area (Å²) < 4.78 is 5.23. The van der Waals surface area contributed by atoms with Crippen LogP contribution in [0.5, 0.6) is 0 Å². The molecule has 0 saturated carbocycles. The number of anilines is 1. The molecule has 3 N–H and O–H groups in total. The van der Waals surface area contributed by atoms with Crippen LogP contribution in [0, 0.1) is 0 Å². The average Bonchev–Trinajstić information content (AvgIpc) is 2.78. The molecular weight excluding hydrogens is 430 g/mol. The van der Waals surface area contributed by atoms with E-state index >= 15 is 0 Å². The summed E-state index contributed by atoms with van der Waals surface area (Å²) in [6.45, 7) is 1.86. The van der Waals surface area contributed by atoms with Crippen molar-refractivity contribution < 1.29 is 19.1 Å². The van der Waals surface area contributed by atoms with Crippen molar-refractivity contribution in [3.8, 4) is 0 Å². The standard InChI is InChI=1S/C24H24ClN3O4/c1-2-28(21-9-5-7-16-6-3-4-8-19(16)21)22(29)15-32-23(30)14-20(27-24(26)31)17-10-12-18(25)13-11-17/h3-13,20H,2,14-15H2,1H3,(H3,26,27,31). The quantitative estimate of drug-likeness (QED) is 0.499. The SMILES string of the molecule is CCN(C(=O)COC(=O)CC(NC(N)=O)c1ccc(Cl)cc1)c1cccc2ccccc12. The molecule has 3 aromatic carbocycles. The molecule has 3 rings (SSSR count). The Balaban J connectivity index is 1.67. The molecule has 0 radical (unpaired) electrons. The molecule has 3 amide bonds. The second-order valence-corrected chi connectivity index (χ2v) is 7.55. The number of amides is 3. The molecule has 32 heavy (non-hydrogen) atoms. The Bertz CT molecular complexity index is 1110. The number of hydrogen-bond acceptors (Lipinski definition) is 4. The van der Waals surface area contributed by atoms with Gasteiger partial charge in [-0.3, -0.25) is 9.59 Å². The van der Waals surface area contributed by atoms with E-state index < -0.39 is 24.6 Å². The minimum Gasteiger partial charge on any atom is -0.455 e. The molecule has 0 aliphatic carbocycles. The van der Waals surface area contributed by atoms with Crippen molar-refractivity contribution in [2.45, 2.75) is 19.4 Å². The lowest BCUT2D eigenvalue weighted by molar-refractivity contribution is -0.148. The molecular formula is C24H24ClN3O4. The van der Waals surface area contributed by atoms with Gasteiger partial charge in [0.15, 0.2) is 6.61 Å². The van der Waals surface area contributed by atoms with Gasteiger partial charge in [-0.1, -0.05) is 60.1 Å². The third-order valence-corrected chi connectivity index (χ3v) is 5.24. The molecule has 0 aliphatic rings. The highest BCUT2D eigenvalue weighted by atomic mass is 35.5. The first kappa shape index (κ1) is 23.1. The van der Waals surface area contributed by atoms with E-state index in [9.17, 15) is 14.4 Å². The van der Waals surface area contributed by atoms with E-state index in [1.165, 1.54) is 0 Å². The van der Waals surface area contributed by atoms with Crippen LogP contribution in [0.4, 0.5) is 10.5 Å². The number of halogens is 1. The topological polar surface area (TPSA) is 102 Å². The van der Waals surface area contributed by atoms with Crippen molar-refractivity contribution in [3.63, 3.8) is 0 Å². The fourth-order valence-electron chi connectivity index (χ4n) is 3.49. The molecule has 8 heteroatoms. The molecule has 0 fully saturated rings. The first-order valence-electron chi connectivity index (χ1n) is 10.1. The Morgan fingerprint density at radius 3 is 2.41 bits per heavy atom. The number of fused-ring (bicyclic) bond motifs is 1. The number of nitrogens with two attached hydrogens (primary N) is 1. The second kappa shape index (κ2) is 10.6. The number of urea groups is 1. The Labute approximate surface area is 191 Å². The van der Waals surface area contributed by atoms with Gasteiger partial charge in [0.1, 0.15) is 0 Å². The highest BCUT2D eigenvalue weighted by Gasteiger charge is 2.21. The van der Waals surface area contributed by atoms with Crippen LogP contribution < -0.4 is 16.0 Å². The summed E-state index contributed by atoms with van der Waals surface area (Å²) in [5.41, 5.74) is 6.63. The zero-order valence-electron chi connectivity index (χ0n) is 17.6. The lowest BCUT2D eigenvalue weighted by atomic mass is 10.0. The van der Waals surface area contributed by atoms with Crippen LogP contribution >= 0.6 is 11.6 Å². The van der Waals surface area contributed by atoms with E-state index in [0.717, 1.165) is 16.5 Å². The largest absolute Gasteiger partial charge is 0.455 e. The van der Waals surface area contributed by atoms with Gasteiger partial charge in [0.2, 0.25) is 0 Å². The highest BCUT2D eigenvalue weighted by molar-refractivity contribution is 6.30. The number of primary amides is 1. The van der Waals surface area contributed by atoms with E-state index in [1.54, 1.807) is 29.2 Å². The van der Waals surface area contributed by atoms with Gasteiger partial charge in [0.25, 0.3) is 5.91 Å². The number of nitrogens with zero attached hydrogens (tertiary/aromatic N) is 1. The van der Waals surface area contributed by atoms with Crippen molar-refractivity contribution in [2.75, 3.05) is 18.1 Å². The van der Waals surface area contributed by atoms with Crippen LogP contribution in [0.25, 0.3) is 10.8 Å². The van der Waals surface area contributed by atoms with Gasteiger partial charge in [-0.2, -0.15) is 0 Å². The van der Waals surface area contributed by atoms with Gasteiger partial charge in [-0.05, 0) is 36.1 Å². The zero-order chi connectivity index (χ0) is 23.1. The maximum atomic E-state index is 12.8. The molecule has 1 atom stereocenters. The van der Waals surface area contributed by atoms with Gasteiger partial charge >= 0.3 is 12.0 Å². The monoisotopic (exact) mass is 453 g/mol.